The first-order valence-electron chi connectivity index (χ1n) is 7.95. The molecule has 24 heavy (non-hydrogen) atoms. The van der Waals surface area contributed by atoms with Crippen molar-refractivity contribution in [1.82, 2.24) is 5.32 Å². The maximum Gasteiger partial charge on any atom is 0.261 e. The number of nitrogens with one attached hydrogen (secondary N) is 1. The SMILES string of the molecule is CC[C@H](Oc1cccc(OC)c1)C(=O)NCCc1ccc(F)cc1. The molecule has 0 unspecified atom stereocenters. The van der Waals surface area contributed by atoms with Gasteiger partial charge in [0.25, 0.3) is 5.91 Å². The summed E-state index contributed by atoms with van der Waals surface area (Å²) >= 11 is 0. The monoisotopic (exact) mass is 331 g/mol. The van der Waals surface area contributed by atoms with Gasteiger partial charge in [0, 0.05) is 12.6 Å². The number of hydrogen-bond donors (Lipinski definition) is 1. The zero-order chi connectivity index (χ0) is 17.4. The van der Waals surface area contributed by atoms with Crippen LogP contribution in [0.2, 0.25) is 0 Å². The summed E-state index contributed by atoms with van der Waals surface area (Å²) in [5, 5.41) is 2.86. The van der Waals surface area contributed by atoms with Gasteiger partial charge in [-0.05, 0) is 42.7 Å². The summed E-state index contributed by atoms with van der Waals surface area (Å²) < 4.78 is 23.7. The fraction of sp³-hybridized carbons (Fsp3) is 0.316. The number of amides is 1. The Labute approximate surface area is 141 Å². The normalized spacial score (nSPS) is 11.6. The van der Waals surface area contributed by atoms with Gasteiger partial charge in [0.15, 0.2) is 6.10 Å². The third kappa shape index (κ3) is 5.26. The van der Waals surface area contributed by atoms with E-state index in [2.05, 4.69) is 5.32 Å². The molecule has 0 saturated heterocycles. The molecule has 0 radical (unpaired) electrons. The highest BCUT2D eigenvalue weighted by Gasteiger charge is 2.18. The number of carbonyl (C=O) groups is 1. The molecule has 128 valence electrons. The first kappa shape index (κ1) is 17.8. The molecular formula is C19H22FNO3. The second-order valence-electron chi connectivity index (χ2n) is 5.36. The number of benzene rings is 2. The van der Waals surface area contributed by atoms with Gasteiger partial charge in [0.1, 0.15) is 17.3 Å². The van der Waals surface area contributed by atoms with Crippen molar-refractivity contribution in [3.8, 4) is 11.5 Å². The average Bonchev–Trinajstić information content (AvgIpc) is 2.61. The number of rotatable bonds is 8. The minimum Gasteiger partial charge on any atom is -0.497 e. The highest BCUT2D eigenvalue weighted by molar-refractivity contribution is 5.81. The molecule has 1 N–H and O–H groups in total. The lowest BCUT2D eigenvalue weighted by atomic mass is 10.1. The molecule has 1 amide bonds. The number of carbonyl (C=O) groups excluding carboxylic acids is 1. The Morgan fingerprint density at radius 1 is 1.17 bits per heavy atom. The fourth-order valence-electron chi connectivity index (χ4n) is 2.26. The van der Waals surface area contributed by atoms with Crippen LogP contribution < -0.4 is 14.8 Å². The average molecular weight is 331 g/mol. The Morgan fingerprint density at radius 3 is 2.54 bits per heavy atom. The van der Waals surface area contributed by atoms with Crippen LogP contribution in [-0.4, -0.2) is 25.7 Å². The summed E-state index contributed by atoms with van der Waals surface area (Å²) in [6.07, 6.45) is 0.631. The quantitative estimate of drug-likeness (QED) is 0.807. The van der Waals surface area contributed by atoms with E-state index in [0.717, 1.165) is 5.56 Å². The van der Waals surface area contributed by atoms with Gasteiger partial charge in [-0.1, -0.05) is 25.1 Å². The van der Waals surface area contributed by atoms with Crippen LogP contribution in [0.3, 0.4) is 0 Å². The second kappa shape index (κ2) is 8.91. The van der Waals surface area contributed by atoms with E-state index in [4.69, 9.17) is 9.47 Å². The van der Waals surface area contributed by atoms with Crippen LogP contribution in [0.1, 0.15) is 18.9 Å². The predicted octanol–water partition coefficient (Wildman–Crippen LogP) is 3.35. The molecule has 4 nitrogen and oxygen atoms in total. The molecule has 0 spiro atoms. The van der Waals surface area contributed by atoms with Gasteiger partial charge < -0.3 is 14.8 Å². The van der Waals surface area contributed by atoms with Crippen molar-refractivity contribution in [3.63, 3.8) is 0 Å². The molecule has 0 aliphatic carbocycles. The van der Waals surface area contributed by atoms with Crippen molar-refractivity contribution in [2.24, 2.45) is 0 Å². The van der Waals surface area contributed by atoms with Gasteiger partial charge in [-0.25, -0.2) is 4.39 Å². The number of methoxy groups -OCH3 is 1. The van der Waals surface area contributed by atoms with Crippen molar-refractivity contribution in [2.45, 2.75) is 25.9 Å². The van der Waals surface area contributed by atoms with E-state index in [1.54, 1.807) is 31.4 Å². The zero-order valence-electron chi connectivity index (χ0n) is 13.9. The van der Waals surface area contributed by atoms with Crippen LogP contribution in [0.4, 0.5) is 4.39 Å². The zero-order valence-corrected chi connectivity index (χ0v) is 13.9. The van der Waals surface area contributed by atoms with Crippen molar-refractivity contribution in [3.05, 3.63) is 59.9 Å². The Morgan fingerprint density at radius 2 is 1.88 bits per heavy atom. The number of ether oxygens (including phenoxy) is 2. The van der Waals surface area contributed by atoms with Crippen LogP contribution in [0.5, 0.6) is 11.5 Å². The first-order chi connectivity index (χ1) is 11.6. The Hall–Kier alpha value is -2.56. The fourth-order valence-corrected chi connectivity index (χ4v) is 2.26. The summed E-state index contributed by atoms with van der Waals surface area (Å²) in [7, 11) is 1.58. The summed E-state index contributed by atoms with van der Waals surface area (Å²) in [6.45, 7) is 2.37. The third-order valence-electron chi connectivity index (χ3n) is 3.61. The molecule has 0 bridgehead atoms. The lowest BCUT2D eigenvalue weighted by Gasteiger charge is -2.17. The van der Waals surface area contributed by atoms with E-state index in [1.807, 2.05) is 19.1 Å². The molecule has 0 heterocycles. The van der Waals surface area contributed by atoms with Crippen molar-refractivity contribution >= 4 is 5.91 Å². The lowest BCUT2D eigenvalue weighted by Crippen LogP contribution is -2.38. The third-order valence-corrected chi connectivity index (χ3v) is 3.61. The van der Waals surface area contributed by atoms with E-state index in [0.29, 0.717) is 30.9 Å². The molecule has 0 aromatic heterocycles. The van der Waals surface area contributed by atoms with Crippen molar-refractivity contribution in [1.29, 1.82) is 0 Å². The number of halogens is 1. The van der Waals surface area contributed by atoms with Crippen LogP contribution in [0.25, 0.3) is 0 Å². The standard InChI is InChI=1S/C19H22FNO3/c1-3-18(24-17-6-4-5-16(13-17)23-2)19(22)21-12-11-14-7-9-15(20)10-8-14/h4-10,13,18H,3,11-12H2,1-2H3,(H,21,22)/t18-/m0/s1. The van der Waals surface area contributed by atoms with Gasteiger partial charge in [0.05, 0.1) is 7.11 Å². The summed E-state index contributed by atoms with van der Waals surface area (Å²) in [6, 6.07) is 13.4. The van der Waals surface area contributed by atoms with Gasteiger partial charge in [-0.3, -0.25) is 4.79 Å². The molecular weight excluding hydrogens is 309 g/mol. The topological polar surface area (TPSA) is 47.6 Å². The summed E-state index contributed by atoms with van der Waals surface area (Å²) in [5.74, 6) is 0.844. The molecule has 0 fully saturated rings. The maximum atomic E-state index is 12.9. The molecule has 2 rings (SSSR count). The van der Waals surface area contributed by atoms with Gasteiger partial charge in [-0.15, -0.1) is 0 Å². The molecule has 0 saturated carbocycles. The van der Waals surface area contributed by atoms with Gasteiger partial charge in [-0.2, -0.15) is 0 Å². The lowest BCUT2D eigenvalue weighted by molar-refractivity contribution is -0.128. The highest BCUT2D eigenvalue weighted by atomic mass is 19.1. The molecule has 1 atom stereocenters. The van der Waals surface area contributed by atoms with E-state index >= 15 is 0 Å². The molecule has 2 aromatic carbocycles. The van der Waals surface area contributed by atoms with E-state index in [-0.39, 0.29) is 11.7 Å². The molecule has 5 heteroatoms. The maximum absolute atomic E-state index is 12.9. The van der Waals surface area contributed by atoms with Gasteiger partial charge in [0.2, 0.25) is 0 Å². The van der Waals surface area contributed by atoms with E-state index in [1.165, 1.54) is 12.1 Å². The highest BCUT2D eigenvalue weighted by Crippen LogP contribution is 2.20. The molecule has 2 aromatic rings. The Balaban J connectivity index is 1.85. The van der Waals surface area contributed by atoms with E-state index < -0.39 is 6.10 Å². The molecule has 0 aliphatic rings. The van der Waals surface area contributed by atoms with Crippen molar-refractivity contribution < 1.29 is 18.7 Å². The van der Waals surface area contributed by atoms with Crippen LogP contribution in [-0.2, 0) is 11.2 Å². The van der Waals surface area contributed by atoms with Crippen molar-refractivity contribution in [2.75, 3.05) is 13.7 Å². The van der Waals surface area contributed by atoms with Crippen LogP contribution >= 0.6 is 0 Å². The molecule has 0 aliphatic heterocycles. The van der Waals surface area contributed by atoms with Crippen LogP contribution in [0.15, 0.2) is 48.5 Å². The smallest absolute Gasteiger partial charge is 0.261 e. The largest absolute Gasteiger partial charge is 0.497 e. The van der Waals surface area contributed by atoms with Gasteiger partial charge >= 0.3 is 0 Å². The number of hydrogen-bond acceptors (Lipinski definition) is 3. The minimum atomic E-state index is -0.565. The Bertz CT molecular complexity index is 658. The first-order valence-corrected chi connectivity index (χ1v) is 7.95. The minimum absolute atomic E-state index is 0.164. The van der Waals surface area contributed by atoms with Crippen LogP contribution in [0, 0.1) is 5.82 Å². The summed E-state index contributed by atoms with van der Waals surface area (Å²) in [4.78, 5) is 12.3. The Kier molecular flexibility index (Phi) is 6.61. The summed E-state index contributed by atoms with van der Waals surface area (Å²) in [5.41, 5.74) is 0.971. The second-order valence-corrected chi connectivity index (χ2v) is 5.36. The predicted molar refractivity (Wildman–Crippen MR) is 90.8 cm³/mol. The van der Waals surface area contributed by atoms with E-state index in [9.17, 15) is 9.18 Å².